The van der Waals surface area contributed by atoms with Crippen LogP contribution in [-0.2, 0) is 4.74 Å². The lowest BCUT2D eigenvalue weighted by Gasteiger charge is -2.12. The van der Waals surface area contributed by atoms with Gasteiger partial charge in [0.1, 0.15) is 5.75 Å². The number of para-hydroxylation sites is 2. The Labute approximate surface area is 153 Å². The van der Waals surface area contributed by atoms with Crippen LogP contribution in [0.5, 0.6) is 5.75 Å². The second kappa shape index (κ2) is 10.1. The summed E-state index contributed by atoms with van der Waals surface area (Å²) < 4.78 is 10.7. The van der Waals surface area contributed by atoms with Gasteiger partial charge in [-0.2, -0.15) is 0 Å². The highest BCUT2D eigenvalue weighted by molar-refractivity contribution is 6.00. The van der Waals surface area contributed by atoms with Crippen LogP contribution in [0.4, 0.5) is 10.5 Å². The molecule has 0 unspecified atom stereocenters. The molecule has 0 spiro atoms. The number of rotatable bonds is 8. The van der Waals surface area contributed by atoms with Crippen molar-refractivity contribution in [1.82, 2.24) is 5.32 Å². The van der Waals surface area contributed by atoms with Crippen molar-refractivity contribution in [2.45, 2.75) is 20.3 Å². The molecule has 0 fully saturated rings. The van der Waals surface area contributed by atoms with Crippen molar-refractivity contribution >= 4 is 17.7 Å². The topological polar surface area (TPSA) is 76.7 Å². The van der Waals surface area contributed by atoms with E-state index in [9.17, 15) is 9.59 Å². The van der Waals surface area contributed by atoms with Crippen molar-refractivity contribution in [3.63, 3.8) is 0 Å². The fraction of sp³-hybridized carbons (Fsp3) is 0.300. The predicted octanol–water partition coefficient (Wildman–Crippen LogP) is 3.76. The highest BCUT2D eigenvalue weighted by atomic mass is 16.5. The first-order valence-corrected chi connectivity index (χ1v) is 8.61. The Kier molecular flexibility index (Phi) is 7.49. The summed E-state index contributed by atoms with van der Waals surface area (Å²) in [6.45, 7) is 4.96. The molecule has 0 saturated carbocycles. The number of carbonyl (C=O) groups is 2. The minimum absolute atomic E-state index is 0.278. The summed E-state index contributed by atoms with van der Waals surface area (Å²) in [6.07, 6.45) is 0.668. The molecule has 0 aliphatic carbocycles. The Morgan fingerprint density at radius 3 is 2.54 bits per heavy atom. The average Bonchev–Trinajstić information content (AvgIpc) is 2.63. The van der Waals surface area contributed by atoms with Crippen LogP contribution >= 0.6 is 0 Å². The molecule has 26 heavy (non-hydrogen) atoms. The second-order valence-corrected chi connectivity index (χ2v) is 5.61. The lowest BCUT2D eigenvalue weighted by Crippen LogP contribution is -2.31. The number of carbonyl (C=O) groups excluding carboxylic acids is 2. The summed E-state index contributed by atoms with van der Waals surface area (Å²) in [6, 6.07) is 14.2. The molecule has 0 aliphatic heterocycles. The number of hydrogen-bond donors (Lipinski definition) is 2. The Balaban J connectivity index is 1.76. The molecule has 0 bridgehead atoms. The summed E-state index contributed by atoms with van der Waals surface area (Å²) in [5.41, 5.74) is 1.82. The van der Waals surface area contributed by atoms with Crippen molar-refractivity contribution in [1.29, 1.82) is 0 Å². The Bertz CT molecular complexity index is 746. The molecule has 0 saturated heterocycles. The number of ether oxygens (including phenoxy) is 2. The fourth-order valence-electron chi connectivity index (χ4n) is 2.32. The number of nitrogens with one attached hydrogen (secondary N) is 2. The lowest BCUT2D eigenvalue weighted by molar-refractivity contribution is 0.0527. The summed E-state index contributed by atoms with van der Waals surface area (Å²) in [7, 11) is 0. The quantitative estimate of drug-likeness (QED) is 0.558. The molecule has 2 aromatic rings. The molecule has 0 aromatic heterocycles. The number of esters is 1. The average molecular weight is 356 g/mol. The summed E-state index contributed by atoms with van der Waals surface area (Å²) in [4.78, 5) is 23.9. The first-order chi connectivity index (χ1) is 12.6. The molecule has 6 heteroatoms. The van der Waals surface area contributed by atoms with E-state index in [-0.39, 0.29) is 12.6 Å². The number of amides is 2. The van der Waals surface area contributed by atoms with E-state index >= 15 is 0 Å². The third-order valence-corrected chi connectivity index (χ3v) is 3.63. The molecular formula is C20H24N2O4. The largest absolute Gasteiger partial charge is 0.493 e. The normalized spacial score (nSPS) is 10.1. The van der Waals surface area contributed by atoms with Gasteiger partial charge in [-0.1, -0.05) is 30.3 Å². The van der Waals surface area contributed by atoms with Gasteiger partial charge < -0.3 is 20.1 Å². The maximum atomic E-state index is 12.0. The van der Waals surface area contributed by atoms with Crippen molar-refractivity contribution in [2.24, 2.45) is 0 Å². The van der Waals surface area contributed by atoms with Crippen molar-refractivity contribution < 1.29 is 19.1 Å². The van der Waals surface area contributed by atoms with E-state index in [1.54, 1.807) is 31.2 Å². The van der Waals surface area contributed by atoms with Gasteiger partial charge in [-0.15, -0.1) is 0 Å². The molecular weight excluding hydrogens is 332 g/mol. The van der Waals surface area contributed by atoms with Gasteiger partial charge in [0.05, 0.1) is 24.5 Å². The second-order valence-electron chi connectivity index (χ2n) is 5.61. The molecule has 2 aromatic carbocycles. The van der Waals surface area contributed by atoms with Crippen LogP contribution in [0.2, 0.25) is 0 Å². The van der Waals surface area contributed by atoms with E-state index in [2.05, 4.69) is 10.6 Å². The van der Waals surface area contributed by atoms with E-state index in [1.165, 1.54) is 0 Å². The monoisotopic (exact) mass is 356 g/mol. The summed E-state index contributed by atoms with van der Waals surface area (Å²) in [5.74, 6) is 0.385. The van der Waals surface area contributed by atoms with Crippen LogP contribution in [-0.4, -0.2) is 31.8 Å². The van der Waals surface area contributed by atoms with Gasteiger partial charge in [-0.05, 0) is 44.0 Å². The molecule has 2 N–H and O–H groups in total. The molecule has 0 aliphatic rings. The Morgan fingerprint density at radius 1 is 1.04 bits per heavy atom. The van der Waals surface area contributed by atoms with Gasteiger partial charge in [0.2, 0.25) is 0 Å². The third kappa shape index (κ3) is 5.81. The highest BCUT2D eigenvalue weighted by Crippen LogP contribution is 2.17. The zero-order chi connectivity index (χ0) is 18.8. The number of urea groups is 1. The molecule has 138 valence electrons. The standard InChI is InChI=1S/C20H24N2O4/c1-3-25-19(23)16-10-5-6-11-17(16)22-20(24)21-13-8-14-26-18-12-7-4-9-15(18)2/h4-7,9-12H,3,8,13-14H2,1-2H3,(H2,21,22,24). The molecule has 0 atom stereocenters. The number of anilines is 1. The van der Waals surface area contributed by atoms with Crippen LogP contribution in [0.15, 0.2) is 48.5 Å². The molecule has 0 heterocycles. The SMILES string of the molecule is CCOC(=O)c1ccccc1NC(=O)NCCCOc1ccccc1C. The zero-order valence-corrected chi connectivity index (χ0v) is 15.1. The van der Waals surface area contributed by atoms with Crippen molar-refractivity contribution in [3.8, 4) is 5.75 Å². The lowest BCUT2D eigenvalue weighted by atomic mass is 10.2. The van der Waals surface area contributed by atoms with Gasteiger partial charge in [-0.25, -0.2) is 9.59 Å². The smallest absolute Gasteiger partial charge is 0.340 e. The zero-order valence-electron chi connectivity index (χ0n) is 15.1. The van der Waals surface area contributed by atoms with Crippen LogP contribution in [0.25, 0.3) is 0 Å². The third-order valence-electron chi connectivity index (χ3n) is 3.63. The van der Waals surface area contributed by atoms with Gasteiger partial charge in [0.15, 0.2) is 0 Å². The molecule has 2 rings (SSSR count). The van der Waals surface area contributed by atoms with E-state index in [4.69, 9.17) is 9.47 Å². The van der Waals surface area contributed by atoms with Crippen LogP contribution in [0.1, 0.15) is 29.3 Å². The maximum Gasteiger partial charge on any atom is 0.340 e. The Morgan fingerprint density at radius 2 is 1.77 bits per heavy atom. The molecule has 0 radical (unpaired) electrons. The van der Waals surface area contributed by atoms with Gasteiger partial charge >= 0.3 is 12.0 Å². The summed E-state index contributed by atoms with van der Waals surface area (Å²) in [5, 5.41) is 5.42. The van der Waals surface area contributed by atoms with Crippen molar-refractivity contribution in [2.75, 3.05) is 25.1 Å². The van der Waals surface area contributed by atoms with Gasteiger partial charge in [0, 0.05) is 6.54 Å². The first-order valence-electron chi connectivity index (χ1n) is 8.61. The van der Waals surface area contributed by atoms with E-state index < -0.39 is 5.97 Å². The van der Waals surface area contributed by atoms with E-state index in [0.717, 1.165) is 11.3 Å². The predicted molar refractivity (Wildman–Crippen MR) is 101 cm³/mol. The molecule has 6 nitrogen and oxygen atoms in total. The molecule has 2 amide bonds. The van der Waals surface area contributed by atoms with Crippen molar-refractivity contribution in [3.05, 3.63) is 59.7 Å². The highest BCUT2D eigenvalue weighted by Gasteiger charge is 2.13. The number of aryl methyl sites for hydroxylation is 1. The Hall–Kier alpha value is -3.02. The fourth-order valence-corrected chi connectivity index (χ4v) is 2.32. The minimum atomic E-state index is -0.463. The number of benzene rings is 2. The van der Waals surface area contributed by atoms with E-state index in [0.29, 0.717) is 30.8 Å². The van der Waals surface area contributed by atoms with Gasteiger partial charge in [0.25, 0.3) is 0 Å². The van der Waals surface area contributed by atoms with Crippen LogP contribution in [0.3, 0.4) is 0 Å². The summed E-state index contributed by atoms with van der Waals surface area (Å²) >= 11 is 0. The van der Waals surface area contributed by atoms with Crippen LogP contribution < -0.4 is 15.4 Å². The number of hydrogen-bond acceptors (Lipinski definition) is 4. The minimum Gasteiger partial charge on any atom is -0.493 e. The first kappa shape index (κ1) is 19.3. The maximum absolute atomic E-state index is 12.0. The van der Waals surface area contributed by atoms with E-state index in [1.807, 2.05) is 31.2 Å². The van der Waals surface area contributed by atoms with Gasteiger partial charge in [-0.3, -0.25) is 0 Å². The van der Waals surface area contributed by atoms with Crippen LogP contribution in [0, 0.1) is 6.92 Å².